The highest BCUT2D eigenvalue weighted by Gasteiger charge is 2.43. The molecule has 0 amide bonds. The Morgan fingerprint density at radius 1 is 1.14 bits per heavy atom. The van der Waals surface area contributed by atoms with E-state index < -0.39 is 5.60 Å². The lowest BCUT2D eigenvalue weighted by Gasteiger charge is -2.44. The maximum Gasteiger partial charge on any atom is 0.0939 e. The van der Waals surface area contributed by atoms with Crippen molar-refractivity contribution >= 4 is 24.2 Å². The van der Waals surface area contributed by atoms with Crippen molar-refractivity contribution in [3.05, 3.63) is 65.7 Å². The Hall–Kier alpha value is -1.04. The van der Waals surface area contributed by atoms with E-state index in [0.29, 0.717) is 6.61 Å². The number of nitrogens with zero attached hydrogens (tertiary/aromatic N) is 1. The molecule has 0 saturated heterocycles. The summed E-state index contributed by atoms with van der Waals surface area (Å²) < 4.78 is 6.22. The summed E-state index contributed by atoms with van der Waals surface area (Å²) >= 11 is 1.72. The van der Waals surface area contributed by atoms with E-state index in [1.807, 2.05) is 18.2 Å². The molecule has 0 radical (unpaired) electrons. The molecule has 0 bridgehead atoms. The van der Waals surface area contributed by atoms with Crippen molar-refractivity contribution < 1.29 is 9.84 Å². The Morgan fingerprint density at radius 3 is 2.57 bits per heavy atom. The Kier molecular flexibility index (Phi) is 8.84. The lowest BCUT2D eigenvalue weighted by molar-refractivity contribution is -0.110. The van der Waals surface area contributed by atoms with Gasteiger partial charge in [-0.2, -0.15) is 0 Å². The van der Waals surface area contributed by atoms with Gasteiger partial charge in [-0.25, -0.2) is 0 Å². The first-order valence-corrected chi connectivity index (χ1v) is 10.9. The molecule has 3 nitrogen and oxygen atoms in total. The third-order valence-electron chi connectivity index (χ3n) is 5.55. The topological polar surface area (TPSA) is 32.7 Å². The number of aliphatic hydroxyl groups is 1. The van der Waals surface area contributed by atoms with E-state index >= 15 is 0 Å². The van der Waals surface area contributed by atoms with Gasteiger partial charge >= 0.3 is 0 Å². The first-order valence-electron chi connectivity index (χ1n) is 9.68. The number of benzene rings is 2. The van der Waals surface area contributed by atoms with Crippen molar-refractivity contribution in [2.24, 2.45) is 5.92 Å². The van der Waals surface area contributed by atoms with Gasteiger partial charge in [-0.15, -0.1) is 24.2 Å². The molecule has 0 aromatic heterocycles. The zero-order valence-electron chi connectivity index (χ0n) is 17.0. The molecule has 3 atom stereocenters. The monoisotopic (exact) mass is 421 g/mol. The van der Waals surface area contributed by atoms with Crippen molar-refractivity contribution in [2.75, 3.05) is 26.9 Å². The van der Waals surface area contributed by atoms with E-state index in [2.05, 4.69) is 61.6 Å². The van der Waals surface area contributed by atoms with Crippen LogP contribution in [0.3, 0.4) is 0 Å². The van der Waals surface area contributed by atoms with Crippen LogP contribution >= 0.6 is 24.2 Å². The van der Waals surface area contributed by atoms with Crippen LogP contribution in [0.5, 0.6) is 0 Å². The fraction of sp³-hybridized carbons (Fsp3) is 0.478. The Morgan fingerprint density at radius 2 is 1.89 bits per heavy atom. The third kappa shape index (κ3) is 5.74. The van der Waals surface area contributed by atoms with Crippen molar-refractivity contribution in [3.63, 3.8) is 0 Å². The molecule has 1 saturated carbocycles. The fourth-order valence-corrected chi connectivity index (χ4v) is 4.55. The van der Waals surface area contributed by atoms with Gasteiger partial charge in [0.1, 0.15) is 0 Å². The summed E-state index contributed by atoms with van der Waals surface area (Å²) in [6, 6.07) is 18.7. The zero-order chi connectivity index (χ0) is 19.3. The van der Waals surface area contributed by atoms with Crippen LogP contribution in [0.1, 0.15) is 30.4 Å². The van der Waals surface area contributed by atoms with Gasteiger partial charge < -0.3 is 14.7 Å². The molecule has 1 fully saturated rings. The van der Waals surface area contributed by atoms with Gasteiger partial charge in [-0.1, -0.05) is 42.5 Å². The largest absolute Gasteiger partial charge is 0.385 e. The van der Waals surface area contributed by atoms with Gasteiger partial charge in [-0.3, -0.25) is 0 Å². The normalized spacial score (nSPS) is 24.8. The molecule has 1 N–H and O–H groups in total. The van der Waals surface area contributed by atoms with Crippen LogP contribution in [0, 0.1) is 5.92 Å². The highest BCUT2D eigenvalue weighted by Crippen LogP contribution is 2.43. The van der Waals surface area contributed by atoms with Gasteiger partial charge in [0.25, 0.3) is 0 Å². The van der Waals surface area contributed by atoms with Crippen molar-refractivity contribution in [2.45, 2.75) is 42.5 Å². The number of rotatable bonds is 7. The highest BCUT2D eigenvalue weighted by atomic mass is 35.5. The van der Waals surface area contributed by atoms with Crippen LogP contribution < -0.4 is 0 Å². The minimum absolute atomic E-state index is 0. The van der Waals surface area contributed by atoms with Crippen LogP contribution in [0.4, 0.5) is 0 Å². The van der Waals surface area contributed by atoms with Crippen LogP contribution in [0.2, 0.25) is 0 Å². The number of ether oxygens (including phenoxy) is 1. The van der Waals surface area contributed by atoms with Gasteiger partial charge in [0.05, 0.1) is 18.3 Å². The average molecular weight is 422 g/mol. The second kappa shape index (κ2) is 10.7. The summed E-state index contributed by atoms with van der Waals surface area (Å²) in [5.74, 6) is 0.152. The van der Waals surface area contributed by atoms with Crippen LogP contribution in [-0.2, 0) is 16.9 Å². The van der Waals surface area contributed by atoms with E-state index in [9.17, 15) is 5.11 Å². The summed E-state index contributed by atoms with van der Waals surface area (Å²) in [5.41, 5.74) is 1.46. The highest BCUT2D eigenvalue weighted by molar-refractivity contribution is 7.98. The molecule has 5 heteroatoms. The summed E-state index contributed by atoms with van der Waals surface area (Å²) in [6.07, 6.45) is 4.78. The standard InChI is InChI=1S/C23H31NO2S.ClH/c1-24(2)16-20-14-21(26-17-18-8-5-4-6-9-18)12-13-23(20,25)19-10-7-11-22(15-19)27-3;/h4-11,15,20-21,25H,12-14,16-17H2,1-3H3;1H. The van der Waals surface area contributed by atoms with E-state index in [1.54, 1.807) is 11.8 Å². The molecule has 2 aromatic rings. The molecule has 3 unspecified atom stereocenters. The minimum atomic E-state index is -0.789. The van der Waals surface area contributed by atoms with Crippen LogP contribution in [0.15, 0.2) is 59.5 Å². The summed E-state index contributed by atoms with van der Waals surface area (Å²) in [5, 5.41) is 11.7. The second-order valence-electron chi connectivity index (χ2n) is 7.81. The Labute approximate surface area is 179 Å². The van der Waals surface area contributed by atoms with Gasteiger partial charge in [-0.05, 0) is 62.9 Å². The predicted octanol–water partition coefficient (Wildman–Crippen LogP) is 4.97. The van der Waals surface area contributed by atoms with Crippen molar-refractivity contribution in [1.29, 1.82) is 0 Å². The van der Waals surface area contributed by atoms with Gasteiger partial charge in [0, 0.05) is 17.4 Å². The molecule has 0 aliphatic heterocycles. The molecule has 154 valence electrons. The summed E-state index contributed by atoms with van der Waals surface area (Å²) in [7, 11) is 4.15. The van der Waals surface area contributed by atoms with Gasteiger partial charge in [0.2, 0.25) is 0 Å². The Bertz CT molecular complexity index is 728. The Balaban J connectivity index is 0.00000280. The zero-order valence-corrected chi connectivity index (χ0v) is 18.6. The summed E-state index contributed by atoms with van der Waals surface area (Å²) in [4.78, 5) is 3.38. The molecular weight excluding hydrogens is 390 g/mol. The first kappa shape index (κ1) is 23.2. The molecule has 2 aromatic carbocycles. The number of hydrogen-bond donors (Lipinski definition) is 1. The lowest BCUT2D eigenvalue weighted by atomic mass is 9.70. The quantitative estimate of drug-likeness (QED) is 0.640. The predicted molar refractivity (Wildman–Crippen MR) is 120 cm³/mol. The lowest BCUT2D eigenvalue weighted by Crippen LogP contribution is -2.46. The van der Waals surface area contributed by atoms with E-state index in [0.717, 1.165) is 31.4 Å². The van der Waals surface area contributed by atoms with E-state index in [4.69, 9.17) is 4.74 Å². The van der Waals surface area contributed by atoms with Crippen LogP contribution in [-0.4, -0.2) is 43.0 Å². The van der Waals surface area contributed by atoms with Crippen molar-refractivity contribution in [3.8, 4) is 0 Å². The molecule has 0 spiro atoms. The molecule has 28 heavy (non-hydrogen) atoms. The SMILES string of the molecule is CSc1cccc(C2(O)CCC(OCc3ccccc3)CC2CN(C)C)c1.Cl. The van der Waals surface area contributed by atoms with Gasteiger partial charge in [0.15, 0.2) is 0 Å². The number of halogens is 1. The molecule has 3 rings (SSSR count). The number of hydrogen-bond acceptors (Lipinski definition) is 4. The average Bonchev–Trinajstić information content (AvgIpc) is 2.69. The first-order chi connectivity index (χ1) is 13.0. The fourth-order valence-electron chi connectivity index (χ4n) is 4.09. The minimum Gasteiger partial charge on any atom is -0.385 e. The maximum absolute atomic E-state index is 11.7. The van der Waals surface area contributed by atoms with Crippen LogP contribution in [0.25, 0.3) is 0 Å². The smallest absolute Gasteiger partial charge is 0.0939 e. The van der Waals surface area contributed by atoms with E-state index in [1.165, 1.54) is 10.5 Å². The number of thioether (sulfide) groups is 1. The third-order valence-corrected chi connectivity index (χ3v) is 6.28. The van der Waals surface area contributed by atoms with Crippen molar-refractivity contribution in [1.82, 2.24) is 4.90 Å². The molecule has 1 aliphatic rings. The summed E-state index contributed by atoms with van der Waals surface area (Å²) in [6.45, 7) is 1.49. The molecule has 0 heterocycles. The maximum atomic E-state index is 11.7. The van der Waals surface area contributed by atoms with E-state index in [-0.39, 0.29) is 24.4 Å². The second-order valence-corrected chi connectivity index (χ2v) is 8.69. The molecule has 1 aliphatic carbocycles. The molecular formula is C23H32ClNO2S.